The lowest BCUT2D eigenvalue weighted by Gasteiger charge is -2.13. The van der Waals surface area contributed by atoms with Gasteiger partial charge in [0.1, 0.15) is 6.61 Å². The normalized spacial score (nSPS) is 11.5. The molecular weight excluding hydrogens is 338 g/mol. The van der Waals surface area contributed by atoms with E-state index in [0.29, 0.717) is 23.7 Å². The number of amides is 1. The van der Waals surface area contributed by atoms with Crippen LogP contribution in [0.5, 0.6) is 11.5 Å². The highest BCUT2D eigenvalue weighted by Gasteiger charge is 2.15. The zero-order chi connectivity index (χ0) is 18.9. The molecule has 0 aromatic heterocycles. The molecule has 0 fully saturated rings. The Morgan fingerprint density at radius 3 is 2.50 bits per heavy atom. The molecule has 0 saturated heterocycles. The Morgan fingerprint density at radius 2 is 1.85 bits per heavy atom. The van der Waals surface area contributed by atoms with Crippen LogP contribution >= 0.6 is 0 Å². The van der Waals surface area contributed by atoms with E-state index in [2.05, 4.69) is 5.32 Å². The molecule has 26 heavy (non-hydrogen) atoms. The number of carbonyl (C=O) groups excluding carboxylic acids is 1. The maximum atomic E-state index is 12.2. The minimum atomic E-state index is -1.50. The Bertz CT molecular complexity index is 747. The summed E-state index contributed by atoms with van der Waals surface area (Å²) < 4.78 is 11.0. The first-order valence-electron chi connectivity index (χ1n) is 8.05. The first-order valence-corrected chi connectivity index (χ1v) is 8.05. The molecule has 0 bridgehead atoms. The molecule has 0 heterocycles. The maximum Gasteiger partial charge on any atom is 0.332 e. The summed E-state index contributed by atoms with van der Waals surface area (Å²) in [4.78, 5) is 22.7. The molecule has 0 aliphatic rings. The Labute approximate surface area is 151 Å². The van der Waals surface area contributed by atoms with E-state index in [4.69, 9.17) is 14.6 Å². The molecule has 2 aromatic carbocycles. The summed E-state index contributed by atoms with van der Waals surface area (Å²) in [6.45, 7) is 0.367. The SMILES string of the molecule is COc1ccc(C(=O)NCCC(O)C(=O)O)cc1OCc1ccccc1. The molecule has 2 aromatic rings. The van der Waals surface area contributed by atoms with Gasteiger partial charge in [0.25, 0.3) is 5.91 Å². The van der Waals surface area contributed by atoms with E-state index in [0.717, 1.165) is 5.56 Å². The second-order valence-electron chi connectivity index (χ2n) is 5.54. The average molecular weight is 359 g/mol. The van der Waals surface area contributed by atoms with Gasteiger partial charge >= 0.3 is 5.97 Å². The molecule has 0 aliphatic heterocycles. The van der Waals surface area contributed by atoms with Gasteiger partial charge in [-0.15, -0.1) is 0 Å². The minimum absolute atomic E-state index is 0.0402. The number of aliphatic hydroxyl groups is 1. The van der Waals surface area contributed by atoms with Gasteiger partial charge in [-0.05, 0) is 23.8 Å². The number of carboxylic acid groups (broad SMARTS) is 1. The molecule has 2 rings (SSSR count). The fourth-order valence-electron chi connectivity index (χ4n) is 2.21. The lowest BCUT2D eigenvalue weighted by atomic mass is 10.1. The van der Waals surface area contributed by atoms with E-state index in [1.807, 2.05) is 30.3 Å². The Morgan fingerprint density at radius 1 is 1.12 bits per heavy atom. The lowest BCUT2D eigenvalue weighted by Crippen LogP contribution is -2.30. The zero-order valence-electron chi connectivity index (χ0n) is 14.3. The van der Waals surface area contributed by atoms with Crippen molar-refractivity contribution in [3.8, 4) is 11.5 Å². The molecule has 0 aliphatic carbocycles. The van der Waals surface area contributed by atoms with Crippen LogP contribution < -0.4 is 14.8 Å². The topological polar surface area (TPSA) is 105 Å². The average Bonchev–Trinajstić information content (AvgIpc) is 2.66. The summed E-state index contributed by atoms with van der Waals surface area (Å²) >= 11 is 0. The van der Waals surface area contributed by atoms with E-state index in [-0.39, 0.29) is 13.0 Å². The molecule has 138 valence electrons. The minimum Gasteiger partial charge on any atom is -0.493 e. The van der Waals surface area contributed by atoms with E-state index < -0.39 is 18.0 Å². The first kappa shape index (κ1) is 19.3. The highest BCUT2D eigenvalue weighted by Crippen LogP contribution is 2.28. The van der Waals surface area contributed by atoms with Gasteiger partial charge in [0.05, 0.1) is 7.11 Å². The monoisotopic (exact) mass is 359 g/mol. The summed E-state index contributed by atoms with van der Waals surface area (Å²) in [6, 6.07) is 14.4. The number of nitrogens with one attached hydrogen (secondary N) is 1. The van der Waals surface area contributed by atoms with Gasteiger partial charge in [0.15, 0.2) is 17.6 Å². The van der Waals surface area contributed by atoms with Crippen LogP contribution in [0.15, 0.2) is 48.5 Å². The number of rotatable bonds is 9. The number of carboxylic acids is 1. The van der Waals surface area contributed by atoms with Crippen molar-refractivity contribution >= 4 is 11.9 Å². The van der Waals surface area contributed by atoms with Crippen LogP contribution in [0, 0.1) is 0 Å². The molecule has 0 spiro atoms. The first-order chi connectivity index (χ1) is 12.5. The van der Waals surface area contributed by atoms with Gasteiger partial charge in [-0.2, -0.15) is 0 Å². The molecule has 0 saturated carbocycles. The van der Waals surface area contributed by atoms with Crippen LogP contribution in [-0.4, -0.2) is 41.8 Å². The molecule has 1 amide bonds. The van der Waals surface area contributed by atoms with Crippen LogP contribution in [0.1, 0.15) is 22.3 Å². The molecule has 7 heteroatoms. The van der Waals surface area contributed by atoms with Crippen molar-refractivity contribution in [1.29, 1.82) is 0 Å². The molecule has 1 atom stereocenters. The van der Waals surface area contributed by atoms with Gasteiger partial charge in [-0.25, -0.2) is 4.79 Å². The van der Waals surface area contributed by atoms with Crippen LogP contribution in [0.25, 0.3) is 0 Å². The number of carbonyl (C=O) groups is 2. The Kier molecular flexibility index (Phi) is 6.99. The predicted octanol–water partition coefficient (Wildman–Crippen LogP) is 1.84. The number of aliphatic hydroxyl groups excluding tert-OH is 1. The second kappa shape index (κ2) is 9.43. The standard InChI is InChI=1S/C19H21NO6/c1-25-16-8-7-14(18(22)20-10-9-15(21)19(23)24)11-17(16)26-12-13-5-3-2-4-6-13/h2-8,11,15,21H,9-10,12H2,1H3,(H,20,22)(H,23,24). The van der Waals surface area contributed by atoms with Crippen molar-refractivity contribution in [2.24, 2.45) is 0 Å². The third-order valence-electron chi connectivity index (χ3n) is 3.65. The van der Waals surface area contributed by atoms with Gasteiger partial charge in [0.2, 0.25) is 0 Å². The number of aliphatic carboxylic acids is 1. The van der Waals surface area contributed by atoms with E-state index in [9.17, 15) is 14.7 Å². The molecule has 7 nitrogen and oxygen atoms in total. The van der Waals surface area contributed by atoms with Crippen LogP contribution in [0.3, 0.4) is 0 Å². The van der Waals surface area contributed by atoms with E-state index >= 15 is 0 Å². The number of hydrogen-bond acceptors (Lipinski definition) is 5. The fourth-order valence-corrected chi connectivity index (χ4v) is 2.21. The van der Waals surface area contributed by atoms with Crippen molar-refractivity contribution in [3.05, 3.63) is 59.7 Å². The Balaban J connectivity index is 2.00. The van der Waals surface area contributed by atoms with Gasteiger partial charge in [0, 0.05) is 18.5 Å². The molecule has 1 unspecified atom stereocenters. The maximum absolute atomic E-state index is 12.2. The lowest BCUT2D eigenvalue weighted by molar-refractivity contribution is -0.146. The molecule has 0 radical (unpaired) electrons. The predicted molar refractivity (Wildman–Crippen MR) is 94.4 cm³/mol. The number of hydrogen-bond donors (Lipinski definition) is 3. The highest BCUT2D eigenvalue weighted by atomic mass is 16.5. The summed E-state index contributed by atoms with van der Waals surface area (Å²) in [5, 5.41) is 20.4. The smallest absolute Gasteiger partial charge is 0.332 e. The number of methoxy groups -OCH3 is 1. The Hall–Kier alpha value is -3.06. The largest absolute Gasteiger partial charge is 0.493 e. The quantitative estimate of drug-likeness (QED) is 0.631. The summed E-state index contributed by atoms with van der Waals surface area (Å²) in [6.07, 6.45) is -1.58. The zero-order valence-corrected chi connectivity index (χ0v) is 14.3. The summed E-state index contributed by atoms with van der Waals surface area (Å²) in [5.74, 6) is -0.788. The van der Waals surface area contributed by atoms with Crippen molar-refractivity contribution in [3.63, 3.8) is 0 Å². The van der Waals surface area contributed by atoms with Gasteiger partial charge < -0.3 is 25.0 Å². The third kappa shape index (κ3) is 5.49. The number of ether oxygens (including phenoxy) is 2. The van der Waals surface area contributed by atoms with Crippen molar-refractivity contribution in [2.45, 2.75) is 19.1 Å². The summed E-state index contributed by atoms with van der Waals surface area (Å²) in [5.41, 5.74) is 1.32. The van der Waals surface area contributed by atoms with E-state index in [1.54, 1.807) is 18.2 Å². The fraction of sp³-hybridized carbons (Fsp3) is 0.263. The summed E-state index contributed by atoms with van der Waals surface area (Å²) in [7, 11) is 1.51. The van der Waals surface area contributed by atoms with Crippen LogP contribution in [0.2, 0.25) is 0 Å². The van der Waals surface area contributed by atoms with Crippen molar-refractivity contribution < 1.29 is 29.3 Å². The van der Waals surface area contributed by atoms with Gasteiger partial charge in [-0.3, -0.25) is 4.79 Å². The van der Waals surface area contributed by atoms with Crippen LogP contribution in [-0.2, 0) is 11.4 Å². The van der Waals surface area contributed by atoms with Crippen LogP contribution in [0.4, 0.5) is 0 Å². The second-order valence-corrected chi connectivity index (χ2v) is 5.54. The van der Waals surface area contributed by atoms with Gasteiger partial charge in [-0.1, -0.05) is 30.3 Å². The third-order valence-corrected chi connectivity index (χ3v) is 3.65. The molecular formula is C19H21NO6. The molecule has 3 N–H and O–H groups in total. The highest BCUT2D eigenvalue weighted by molar-refractivity contribution is 5.94. The number of benzene rings is 2. The van der Waals surface area contributed by atoms with E-state index in [1.165, 1.54) is 7.11 Å². The van der Waals surface area contributed by atoms with Crippen molar-refractivity contribution in [1.82, 2.24) is 5.32 Å². The van der Waals surface area contributed by atoms with Crippen molar-refractivity contribution in [2.75, 3.05) is 13.7 Å².